The van der Waals surface area contributed by atoms with E-state index in [2.05, 4.69) is 35.9 Å². The molecule has 0 spiro atoms. The Hall–Kier alpha value is -2.92. The predicted molar refractivity (Wildman–Crippen MR) is 110 cm³/mol. The number of morpholine rings is 1. The Balaban J connectivity index is 1.25. The van der Waals surface area contributed by atoms with E-state index in [1.165, 1.54) is 24.2 Å². The highest BCUT2D eigenvalue weighted by atomic mass is 32.1. The topological polar surface area (TPSA) is 112 Å². The molecule has 2 aliphatic heterocycles. The summed E-state index contributed by atoms with van der Waals surface area (Å²) in [6.07, 6.45) is 3.96. The predicted octanol–water partition coefficient (Wildman–Crippen LogP) is 1.44. The number of thiazole rings is 1. The molecule has 29 heavy (non-hydrogen) atoms. The van der Waals surface area contributed by atoms with Crippen LogP contribution in [0.25, 0.3) is 0 Å². The molecular formula is C18H23N7O3S. The number of hydrogen-bond acceptors (Lipinski definition) is 8. The summed E-state index contributed by atoms with van der Waals surface area (Å²) >= 11 is 1.39. The summed E-state index contributed by atoms with van der Waals surface area (Å²) in [5.41, 5.74) is 5.50. The van der Waals surface area contributed by atoms with Crippen LogP contribution in [-0.4, -0.2) is 61.3 Å². The molecule has 0 aliphatic carbocycles. The maximum Gasteiger partial charge on any atom is 0.337 e. The third kappa shape index (κ3) is 4.93. The summed E-state index contributed by atoms with van der Waals surface area (Å²) in [4.78, 5) is 37.2. The van der Waals surface area contributed by atoms with Crippen molar-refractivity contribution in [1.29, 1.82) is 0 Å². The minimum Gasteiger partial charge on any atom is -0.378 e. The standard InChI is InChI=1S/C18H23N7O3S/c26-16(14-12-29-18(21-14)25-7-9-28-10-8-25)22-23-17(27)20-13-3-4-15(19-11-13)24-5-1-2-6-24/h3-4,11-12H,1-2,5-10H2,(H,22,26)(H2,20,23,27). The van der Waals surface area contributed by atoms with Crippen molar-refractivity contribution in [1.82, 2.24) is 20.8 Å². The molecule has 3 amide bonds. The van der Waals surface area contributed by atoms with Crippen LogP contribution in [0, 0.1) is 0 Å². The van der Waals surface area contributed by atoms with Crippen LogP contribution in [-0.2, 0) is 4.74 Å². The van der Waals surface area contributed by atoms with Crippen molar-refractivity contribution < 1.29 is 14.3 Å². The van der Waals surface area contributed by atoms with Gasteiger partial charge in [0.25, 0.3) is 5.91 Å². The SMILES string of the molecule is O=C(NNC(=O)c1csc(N2CCOCC2)n1)Nc1ccc(N2CCCC2)nc1. The lowest BCUT2D eigenvalue weighted by Gasteiger charge is -2.25. The molecule has 11 heteroatoms. The van der Waals surface area contributed by atoms with Crippen LogP contribution < -0.4 is 26.0 Å². The van der Waals surface area contributed by atoms with Gasteiger partial charge in [-0.25, -0.2) is 20.2 Å². The molecule has 0 atom stereocenters. The number of anilines is 3. The van der Waals surface area contributed by atoms with Crippen LogP contribution in [0.2, 0.25) is 0 Å². The number of carbonyl (C=O) groups is 2. The van der Waals surface area contributed by atoms with Gasteiger partial charge in [-0.15, -0.1) is 11.3 Å². The number of nitrogens with one attached hydrogen (secondary N) is 3. The Morgan fingerprint density at radius 2 is 1.83 bits per heavy atom. The number of amides is 3. The fourth-order valence-electron chi connectivity index (χ4n) is 3.20. The zero-order valence-corrected chi connectivity index (χ0v) is 16.7. The van der Waals surface area contributed by atoms with Crippen molar-refractivity contribution in [3.05, 3.63) is 29.4 Å². The normalized spacial score (nSPS) is 16.6. The fraction of sp³-hybridized carbons (Fsp3) is 0.444. The zero-order chi connectivity index (χ0) is 20.1. The van der Waals surface area contributed by atoms with Gasteiger partial charge in [0.05, 0.1) is 25.1 Å². The molecule has 3 N–H and O–H groups in total. The second-order valence-electron chi connectivity index (χ2n) is 6.75. The molecule has 10 nitrogen and oxygen atoms in total. The van der Waals surface area contributed by atoms with E-state index in [0.29, 0.717) is 18.9 Å². The minimum atomic E-state index is -0.558. The van der Waals surface area contributed by atoms with Crippen molar-refractivity contribution in [3.63, 3.8) is 0 Å². The minimum absolute atomic E-state index is 0.258. The number of carbonyl (C=O) groups excluding carboxylic acids is 2. The molecule has 0 bridgehead atoms. The summed E-state index contributed by atoms with van der Waals surface area (Å²) in [5, 5.41) is 5.08. The van der Waals surface area contributed by atoms with E-state index in [-0.39, 0.29) is 5.69 Å². The van der Waals surface area contributed by atoms with Crippen molar-refractivity contribution in [2.75, 3.05) is 54.5 Å². The van der Waals surface area contributed by atoms with Crippen molar-refractivity contribution in [2.24, 2.45) is 0 Å². The van der Waals surface area contributed by atoms with Crippen LogP contribution in [0.15, 0.2) is 23.7 Å². The number of hydrazine groups is 1. The Kier molecular flexibility index (Phi) is 6.06. The maximum absolute atomic E-state index is 12.2. The number of urea groups is 1. The highest BCUT2D eigenvalue weighted by Gasteiger charge is 2.18. The third-order valence-electron chi connectivity index (χ3n) is 4.73. The molecule has 2 aromatic heterocycles. The van der Waals surface area contributed by atoms with Crippen LogP contribution in [0.4, 0.5) is 21.4 Å². The van der Waals surface area contributed by atoms with Gasteiger partial charge in [-0.1, -0.05) is 0 Å². The van der Waals surface area contributed by atoms with Gasteiger partial charge in [0, 0.05) is 31.6 Å². The molecule has 0 saturated carbocycles. The summed E-state index contributed by atoms with van der Waals surface area (Å²) < 4.78 is 5.32. The number of nitrogens with zero attached hydrogens (tertiary/aromatic N) is 4. The number of ether oxygens (including phenoxy) is 1. The van der Waals surface area contributed by atoms with E-state index in [1.807, 2.05) is 6.07 Å². The summed E-state index contributed by atoms with van der Waals surface area (Å²) in [7, 11) is 0. The van der Waals surface area contributed by atoms with Gasteiger partial charge < -0.3 is 19.9 Å². The average Bonchev–Trinajstić information content (AvgIpc) is 3.46. The van der Waals surface area contributed by atoms with Crippen LogP contribution in [0.5, 0.6) is 0 Å². The van der Waals surface area contributed by atoms with Gasteiger partial charge in [0.15, 0.2) is 5.13 Å². The van der Waals surface area contributed by atoms with Crippen LogP contribution in [0.1, 0.15) is 23.3 Å². The van der Waals surface area contributed by atoms with E-state index in [9.17, 15) is 9.59 Å². The van der Waals surface area contributed by atoms with Gasteiger partial charge in [-0.2, -0.15) is 0 Å². The van der Waals surface area contributed by atoms with Gasteiger partial charge in [-0.3, -0.25) is 10.2 Å². The van der Waals surface area contributed by atoms with Crippen molar-refractivity contribution >= 4 is 39.9 Å². The molecule has 0 aromatic carbocycles. The quantitative estimate of drug-likeness (QED) is 0.646. The summed E-state index contributed by atoms with van der Waals surface area (Å²) in [6, 6.07) is 3.11. The monoisotopic (exact) mass is 417 g/mol. The smallest absolute Gasteiger partial charge is 0.337 e. The Labute approximate surface area is 172 Å². The van der Waals surface area contributed by atoms with Crippen molar-refractivity contribution in [3.8, 4) is 0 Å². The average molecular weight is 417 g/mol. The maximum atomic E-state index is 12.2. The lowest BCUT2D eigenvalue weighted by molar-refractivity contribution is 0.0933. The van der Waals surface area contributed by atoms with Gasteiger partial charge >= 0.3 is 6.03 Å². The molecule has 2 aromatic rings. The first kappa shape index (κ1) is 19.4. The second kappa shape index (κ2) is 9.05. The highest BCUT2D eigenvalue weighted by molar-refractivity contribution is 7.13. The second-order valence-corrected chi connectivity index (χ2v) is 7.58. The van der Waals surface area contributed by atoms with Crippen LogP contribution in [0.3, 0.4) is 0 Å². The van der Waals surface area contributed by atoms with Gasteiger partial charge in [0.1, 0.15) is 11.5 Å². The van der Waals surface area contributed by atoms with E-state index < -0.39 is 11.9 Å². The number of pyridine rings is 1. The van der Waals surface area contributed by atoms with E-state index in [4.69, 9.17) is 4.74 Å². The number of aromatic nitrogens is 2. The van der Waals surface area contributed by atoms with Gasteiger partial charge in [-0.05, 0) is 25.0 Å². The first-order chi connectivity index (χ1) is 14.2. The molecule has 4 heterocycles. The molecular weight excluding hydrogens is 394 g/mol. The Morgan fingerprint density at radius 1 is 1.03 bits per heavy atom. The molecule has 2 aliphatic rings. The largest absolute Gasteiger partial charge is 0.378 e. The van der Waals surface area contributed by atoms with E-state index in [1.54, 1.807) is 17.6 Å². The number of rotatable bonds is 4. The van der Waals surface area contributed by atoms with E-state index >= 15 is 0 Å². The Morgan fingerprint density at radius 3 is 2.55 bits per heavy atom. The molecule has 2 saturated heterocycles. The summed E-state index contributed by atoms with van der Waals surface area (Å²) in [6.45, 7) is 4.82. The lowest BCUT2D eigenvalue weighted by Crippen LogP contribution is -2.44. The molecule has 154 valence electrons. The van der Waals surface area contributed by atoms with E-state index in [0.717, 1.165) is 37.1 Å². The molecule has 4 rings (SSSR count). The highest BCUT2D eigenvalue weighted by Crippen LogP contribution is 2.21. The van der Waals surface area contributed by atoms with Gasteiger partial charge in [0.2, 0.25) is 0 Å². The molecule has 0 radical (unpaired) electrons. The first-order valence-electron chi connectivity index (χ1n) is 9.55. The number of hydrogen-bond donors (Lipinski definition) is 3. The van der Waals surface area contributed by atoms with Crippen LogP contribution >= 0.6 is 11.3 Å². The molecule has 2 fully saturated rings. The fourth-order valence-corrected chi connectivity index (χ4v) is 4.06. The van der Waals surface area contributed by atoms with Crippen molar-refractivity contribution in [2.45, 2.75) is 12.8 Å². The lowest BCUT2D eigenvalue weighted by atomic mass is 10.4. The Bertz CT molecular complexity index is 845. The molecule has 0 unspecified atom stereocenters. The zero-order valence-electron chi connectivity index (χ0n) is 15.9. The summed E-state index contributed by atoms with van der Waals surface area (Å²) in [5.74, 6) is 0.430. The third-order valence-corrected chi connectivity index (χ3v) is 5.63. The first-order valence-corrected chi connectivity index (χ1v) is 10.4.